The van der Waals surface area contributed by atoms with Crippen molar-refractivity contribution in [1.29, 1.82) is 0 Å². The molecule has 3 N–H and O–H groups in total. The number of anilines is 2. The summed E-state index contributed by atoms with van der Waals surface area (Å²) in [6.45, 7) is 0. The highest BCUT2D eigenvalue weighted by atomic mass is 35.5. The van der Waals surface area contributed by atoms with Gasteiger partial charge in [-0.15, -0.1) is 0 Å². The van der Waals surface area contributed by atoms with Crippen molar-refractivity contribution in [2.24, 2.45) is 0 Å². The molecule has 0 saturated heterocycles. The van der Waals surface area contributed by atoms with E-state index in [1.54, 1.807) is 42.5 Å². The van der Waals surface area contributed by atoms with Gasteiger partial charge in [-0.3, -0.25) is 19.4 Å². The van der Waals surface area contributed by atoms with Gasteiger partial charge >= 0.3 is 0 Å². The van der Waals surface area contributed by atoms with Gasteiger partial charge in [0.2, 0.25) is 11.8 Å². The van der Waals surface area contributed by atoms with E-state index in [2.05, 4.69) is 20.9 Å². The number of carbonyl (C=O) groups is 3. The van der Waals surface area contributed by atoms with E-state index in [1.807, 2.05) is 0 Å². The van der Waals surface area contributed by atoms with Gasteiger partial charge in [0.15, 0.2) is 0 Å². The van der Waals surface area contributed by atoms with E-state index in [4.69, 9.17) is 27.9 Å². The summed E-state index contributed by atoms with van der Waals surface area (Å²) in [5.74, 6) is -0.429. The van der Waals surface area contributed by atoms with Crippen molar-refractivity contribution in [3.63, 3.8) is 0 Å². The summed E-state index contributed by atoms with van der Waals surface area (Å²) in [6.07, 6.45) is 1.07. The Labute approximate surface area is 193 Å². The molecule has 0 bridgehead atoms. The van der Waals surface area contributed by atoms with Crippen LogP contribution < -0.4 is 20.7 Å². The summed E-state index contributed by atoms with van der Waals surface area (Å²) < 4.78 is 5.71. The highest BCUT2D eigenvalue weighted by Gasteiger charge is 2.12. The summed E-state index contributed by atoms with van der Waals surface area (Å²) in [6, 6.07) is 14.3. The molecular weight excluding hydrogens is 455 g/mol. The summed E-state index contributed by atoms with van der Waals surface area (Å²) in [7, 11) is 1.51. The van der Waals surface area contributed by atoms with Crippen molar-refractivity contribution in [3.8, 4) is 11.5 Å². The minimum atomic E-state index is -0.531. The number of ether oxygens (including phenoxy) is 1. The van der Waals surface area contributed by atoms with Crippen molar-refractivity contribution in [3.05, 3.63) is 76.5 Å². The molecule has 2 aromatic carbocycles. The van der Waals surface area contributed by atoms with Gasteiger partial charge in [0, 0.05) is 30.0 Å². The molecule has 0 aliphatic heterocycles. The summed E-state index contributed by atoms with van der Waals surface area (Å²) in [5.41, 5.74) is 1.04. The maximum Gasteiger partial charge on any atom is 0.269 e. The van der Waals surface area contributed by atoms with E-state index in [0.29, 0.717) is 32.9 Å². The van der Waals surface area contributed by atoms with Gasteiger partial charge in [-0.05, 0) is 48.5 Å². The predicted octanol–water partition coefficient (Wildman–Crippen LogP) is 4.51. The lowest BCUT2D eigenvalue weighted by atomic mass is 10.2. The molecule has 164 valence electrons. The first kappa shape index (κ1) is 23.1. The first-order valence-corrected chi connectivity index (χ1v) is 10.1. The second-order valence-corrected chi connectivity index (χ2v) is 7.32. The molecule has 32 heavy (non-hydrogen) atoms. The largest absolute Gasteiger partial charge is 0.457 e. The van der Waals surface area contributed by atoms with E-state index in [0.717, 1.165) is 0 Å². The summed E-state index contributed by atoms with van der Waals surface area (Å²) >= 11 is 11.9. The standard InChI is InChI=1S/C22H18Cl2N4O4/c1-25-22(31)19-11-16(8-9-26-19)32-15-5-3-14(4-6-15)27-20(29)12-21(30)28-18-10-13(23)2-7-17(18)24/h2-11H,12H2,1H3,(H,25,31)(H,27,29)(H,28,30). The number of halogens is 2. The first-order valence-electron chi connectivity index (χ1n) is 9.35. The van der Waals surface area contributed by atoms with E-state index < -0.39 is 18.2 Å². The Hall–Kier alpha value is -3.62. The van der Waals surface area contributed by atoms with Crippen LogP contribution in [0.3, 0.4) is 0 Å². The van der Waals surface area contributed by atoms with Crippen LogP contribution in [0, 0.1) is 0 Å². The number of benzene rings is 2. The number of rotatable bonds is 7. The smallest absolute Gasteiger partial charge is 0.269 e. The van der Waals surface area contributed by atoms with E-state index >= 15 is 0 Å². The first-order chi connectivity index (χ1) is 15.3. The third kappa shape index (κ3) is 6.44. The second kappa shape index (κ2) is 10.6. The van der Waals surface area contributed by atoms with E-state index in [-0.39, 0.29) is 11.6 Å². The van der Waals surface area contributed by atoms with Crippen LogP contribution in [0.15, 0.2) is 60.8 Å². The molecule has 0 aliphatic rings. The zero-order chi connectivity index (χ0) is 23.1. The van der Waals surface area contributed by atoms with Gasteiger partial charge in [0.25, 0.3) is 5.91 Å². The van der Waals surface area contributed by atoms with Crippen LogP contribution in [0.4, 0.5) is 11.4 Å². The lowest BCUT2D eigenvalue weighted by Crippen LogP contribution is -2.21. The highest BCUT2D eigenvalue weighted by molar-refractivity contribution is 6.35. The third-order valence-electron chi connectivity index (χ3n) is 4.09. The van der Waals surface area contributed by atoms with E-state index in [9.17, 15) is 14.4 Å². The van der Waals surface area contributed by atoms with Crippen LogP contribution in [-0.2, 0) is 9.59 Å². The lowest BCUT2D eigenvalue weighted by molar-refractivity contribution is -0.123. The van der Waals surface area contributed by atoms with Crippen molar-refractivity contribution in [2.45, 2.75) is 6.42 Å². The molecule has 10 heteroatoms. The normalized spacial score (nSPS) is 10.2. The number of pyridine rings is 1. The summed E-state index contributed by atoms with van der Waals surface area (Å²) in [5, 5.41) is 8.40. The minimum absolute atomic E-state index is 0.228. The molecular formula is C22H18Cl2N4O4. The fourth-order valence-corrected chi connectivity index (χ4v) is 2.94. The number of nitrogens with zero attached hydrogens (tertiary/aromatic N) is 1. The van der Waals surface area contributed by atoms with Crippen molar-refractivity contribution < 1.29 is 19.1 Å². The lowest BCUT2D eigenvalue weighted by Gasteiger charge is -2.10. The number of hydrogen-bond acceptors (Lipinski definition) is 5. The highest BCUT2D eigenvalue weighted by Crippen LogP contribution is 2.26. The molecule has 0 atom stereocenters. The van der Waals surface area contributed by atoms with Gasteiger partial charge in [-0.1, -0.05) is 23.2 Å². The Morgan fingerprint density at radius 1 is 0.906 bits per heavy atom. The number of nitrogens with one attached hydrogen (secondary N) is 3. The van der Waals surface area contributed by atoms with Crippen LogP contribution >= 0.6 is 23.2 Å². The number of amides is 3. The monoisotopic (exact) mass is 472 g/mol. The Morgan fingerprint density at radius 2 is 1.62 bits per heavy atom. The Bertz CT molecular complexity index is 1150. The molecule has 1 aromatic heterocycles. The SMILES string of the molecule is CNC(=O)c1cc(Oc2ccc(NC(=O)CC(=O)Nc3cc(Cl)ccc3Cl)cc2)ccn1. The topological polar surface area (TPSA) is 109 Å². The Kier molecular flexibility index (Phi) is 7.64. The van der Waals surface area contributed by atoms with Crippen molar-refractivity contribution in [1.82, 2.24) is 10.3 Å². The molecule has 0 radical (unpaired) electrons. The third-order valence-corrected chi connectivity index (χ3v) is 4.65. The second-order valence-electron chi connectivity index (χ2n) is 6.48. The zero-order valence-electron chi connectivity index (χ0n) is 16.8. The van der Waals surface area contributed by atoms with Crippen LogP contribution in [0.25, 0.3) is 0 Å². The zero-order valence-corrected chi connectivity index (χ0v) is 18.3. The van der Waals surface area contributed by atoms with Crippen molar-refractivity contribution in [2.75, 3.05) is 17.7 Å². The van der Waals surface area contributed by atoms with Crippen LogP contribution in [0.5, 0.6) is 11.5 Å². The average Bonchev–Trinajstić information content (AvgIpc) is 2.77. The quantitative estimate of drug-likeness (QED) is 0.438. The van der Waals surface area contributed by atoms with Crippen LogP contribution in [-0.4, -0.2) is 29.8 Å². The molecule has 0 fully saturated rings. The van der Waals surface area contributed by atoms with Crippen LogP contribution in [0.2, 0.25) is 10.0 Å². The number of hydrogen-bond donors (Lipinski definition) is 3. The predicted molar refractivity (Wildman–Crippen MR) is 122 cm³/mol. The number of aromatic nitrogens is 1. The van der Waals surface area contributed by atoms with Gasteiger partial charge in [0.05, 0.1) is 10.7 Å². The molecule has 0 saturated carbocycles. The van der Waals surface area contributed by atoms with Crippen LogP contribution in [0.1, 0.15) is 16.9 Å². The van der Waals surface area contributed by atoms with Gasteiger partial charge < -0.3 is 20.7 Å². The van der Waals surface area contributed by atoms with Gasteiger partial charge in [-0.25, -0.2) is 0 Å². The van der Waals surface area contributed by atoms with Gasteiger partial charge in [0.1, 0.15) is 23.6 Å². The molecule has 3 rings (SSSR count). The molecule has 0 unspecified atom stereocenters. The molecule has 3 amide bonds. The maximum absolute atomic E-state index is 12.2. The molecule has 0 spiro atoms. The average molecular weight is 473 g/mol. The maximum atomic E-state index is 12.2. The summed E-state index contributed by atoms with van der Waals surface area (Å²) in [4.78, 5) is 39.9. The van der Waals surface area contributed by atoms with E-state index in [1.165, 1.54) is 25.4 Å². The molecule has 0 aliphatic carbocycles. The fraction of sp³-hybridized carbons (Fsp3) is 0.0909. The molecule has 3 aromatic rings. The fourth-order valence-electron chi connectivity index (χ4n) is 2.61. The van der Waals surface area contributed by atoms with Crippen molar-refractivity contribution >= 4 is 52.3 Å². The molecule has 1 heterocycles. The Morgan fingerprint density at radius 3 is 2.34 bits per heavy atom. The number of carbonyl (C=O) groups excluding carboxylic acids is 3. The molecule has 8 nitrogen and oxygen atoms in total. The minimum Gasteiger partial charge on any atom is -0.457 e. The van der Waals surface area contributed by atoms with Gasteiger partial charge in [-0.2, -0.15) is 0 Å². The Balaban J connectivity index is 1.55.